The maximum Gasteiger partial charge on any atom is 0.271 e. The molecule has 1 aromatic heterocycles. The fourth-order valence-electron chi connectivity index (χ4n) is 1.96. The van der Waals surface area contributed by atoms with Crippen LogP contribution in [0.3, 0.4) is 0 Å². The first-order valence-corrected chi connectivity index (χ1v) is 7.34. The summed E-state index contributed by atoms with van der Waals surface area (Å²) in [6.45, 7) is 6.36. The van der Waals surface area contributed by atoms with Gasteiger partial charge in [-0.1, -0.05) is 29.8 Å². The number of carbonyl (C=O) groups excluding carboxylic acids is 1. The third-order valence-electron chi connectivity index (χ3n) is 3.12. The Hall–Kier alpha value is -1.72. The number of hydrogen-bond acceptors (Lipinski definition) is 4. The van der Waals surface area contributed by atoms with Gasteiger partial charge in [-0.3, -0.25) is 4.79 Å². The van der Waals surface area contributed by atoms with Crippen LogP contribution in [-0.4, -0.2) is 10.9 Å². The Balaban J connectivity index is 2.17. The van der Waals surface area contributed by atoms with Gasteiger partial charge in [-0.05, 0) is 26.3 Å². The first-order valence-electron chi connectivity index (χ1n) is 6.46. The van der Waals surface area contributed by atoms with Crippen molar-refractivity contribution >= 4 is 17.2 Å². The Bertz CT molecular complexity index is 619. The number of thiazole rings is 1. The van der Waals surface area contributed by atoms with Crippen LogP contribution in [0.25, 0.3) is 0 Å². The molecule has 0 fully saturated rings. The highest BCUT2D eigenvalue weighted by molar-refractivity contribution is 7.09. The number of benzene rings is 1. The summed E-state index contributed by atoms with van der Waals surface area (Å²) in [6.07, 6.45) is 0. The molecule has 0 atom stereocenters. The zero-order valence-electron chi connectivity index (χ0n) is 11.9. The molecule has 0 bridgehead atoms. The number of nitrogens with zero attached hydrogens (tertiary/aromatic N) is 1. The summed E-state index contributed by atoms with van der Waals surface area (Å²) in [5.74, 6) is -0.174. The average molecular weight is 289 g/mol. The van der Waals surface area contributed by atoms with E-state index in [-0.39, 0.29) is 5.91 Å². The maximum absolute atomic E-state index is 12.2. The zero-order chi connectivity index (χ0) is 14.8. The predicted octanol–water partition coefficient (Wildman–Crippen LogP) is 2.58. The summed E-state index contributed by atoms with van der Waals surface area (Å²) in [5.41, 5.74) is 7.73. The van der Waals surface area contributed by atoms with Crippen molar-refractivity contribution in [2.45, 2.75) is 32.9 Å². The Morgan fingerprint density at radius 1 is 1.45 bits per heavy atom. The molecular formula is C15H19N3OS. The number of nitrogens with two attached hydrogens (primary N) is 1. The maximum atomic E-state index is 12.2. The molecule has 0 saturated heterocycles. The summed E-state index contributed by atoms with van der Waals surface area (Å²) in [4.78, 5) is 16.4. The monoisotopic (exact) mass is 289 g/mol. The van der Waals surface area contributed by atoms with Gasteiger partial charge in [0.05, 0.1) is 5.54 Å². The van der Waals surface area contributed by atoms with E-state index >= 15 is 0 Å². The van der Waals surface area contributed by atoms with E-state index in [1.807, 2.05) is 39.0 Å². The van der Waals surface area contributed by atoms with Crippen molar-refractivity contribution in [2.24, 2.45) is 5.73 Å². The van der Waals surface area contributed by atoms with Gasteiger partial charge in [-0.25, -0.2) is 4.98 Å². The number of amides is 1. The standard InChI is InChI=1S/C15H19N3OS/c1-10-5-4-6-11(7-10)15(2,3)18-14(19)12-9-20-13(8-16)17-12/h4-7,9H,8,16H2,1-3H3,(H,18,19). The van der Waals surface area contributed by atoms with Crippen LogP contribution < -0.4 is 11.1 Å². The third-order valence-corrected chi connectivity index (χ3v) is 4.00. The lowest BCUT2D eigenvalue weighted by Gasteiger charge is -2.27. The van der Waals surface area contributed by atoms with Gasteiger partial charge in [0, 0.05) is 11.9 Å². The Labute approximate surface area is 123 Å². The Kier molecular flexibility index (Phi) is 4.20. The summed E-state index contributed by atoms with van der Waals surface area (Å²) < 4.78 is 0. The van der Waals surface area contributed by atoms with Gasteiger partial charge < -0.3 is 11.1 Å². The van der Waals surface area contributed by atoms with E-state index in [0.717, 1.165) is 10.6 Å². The Morgan fingerprint density at radius 3 is 2.80 bits per heavy atom. The molecule has 3 N–H and O–H groups in total. The number of aromatic nitrogens is 1. The lowest BCUT2D eigenvalue weighted by Crippen LogP contribution is -2.41. The number of nitrogens with one attached hydrogen (secondary N) is 1. The first kappa shape index (κ1) is 14.7. The second-order valence-electron chi connectivity index (χ2n) is 5.28. The molecule has 0 spiro atoms. The van der Waals surface area contributed by atoms with E-state index < -0.39 is 5.54 Å². The number of carbonyl (C=O) groups is 1. The smallest absolute Gasteiger partial charge is 0.271 e. The van der Waals surface area contributed by atoms with Gasteiger partial charge in [0.2, 0.25) is 0 Å². The van der Waals surface area contributed by atoms with Crippen molar-refractivity contribution in [2.75, 3.05) is 0 Å². The minimum absolute atomic E-state index is 0.174. The molecule has 4 nitrogen and oxygen atoms in total. The Morgan fingerprint density at radius 2 is 2.20 bits per heavy atom. The van der Waals surface area contributed by atoms with Gasteiger partial charge >= 0.3 is 0 Å². The zero-order valence-corrected chi connectivity index (χ0v) is 12.8. The van der Waals surface area contributed by atoms with Crippen LogP contribution in [0.4, 0.5) is 0 Å². The molecule has 0 unspecified atom stereocenters. The SMILES string of the molecule is Cc1cccc(C(C)(C)NC(=O)c2csc(CN)n2)c1. The summed E-state index contributed by atoms with van der Waals surface area (Å²) in [7, 11) is 0. The molecule has 1 amide bonds. The largest absolute Gasteiger partial charge is 0.342 e. The van der Waals surface area contributed by atoms with Crippen molar-refractivity contribution in [3.8, 4) is 0 Å². The lowest BCUT2D eigenvalue weighted by molar-refractivity contribution is 0.0907. The highest BCUT2D eigenvalue weighted by Crippen LogP contribution is 2.21. The summed E-state index contributed by atoms with van der Waals surface area (Å²) >= 11 is 1.41. The second kappa shape index (κ2) is 5.73. The normalized spacial score (nSPS) is 11.4. The number of aryl methyl sites for hydroxylation is 1. The lowest BCUT2D eigenvalue weighted by atomic mass is 9.93. The van der Waals surface area contributed by atoms with E-state index in [9.17, 15) is 4.79 Å². The van der Waals surface area contributed by atoms with Crippen molar-refractivity contribution in [1.29, 1.82) is 0 Å². The molecule has 1 aromatic carbocycles. The fraction of sp³-hybridized carbons (Fsp3) is 0.333. The van der Waals surface area contributed by atoms with Gasteiger partial charge in [-0.15, -0.1) is 11.3 Å². The molecule has 1 heterocycles. The fourth-order valence-corrected chi connectivity index (χ4v) is 2.62. The molecule has 5 heteroatoms. The van der Waals surface area contributed by atoms with Crippen LogP contribution >= 0.6 is 11.3 Å². The highest BCUT2D eigenvalue weighted by Gasteiger charge is 2.24. The predicted molar refractivity (Wildman–Crippen MR) is 81.7 cm³/mol. The molecule has 0 aliphatic rings. The molecule has 0 saturated carbocycles. The minimum atomic E-state index is -0.449. The van der Waals surface area contributed by atoms with Gasteiger partial charge in [0.15, 0.2) is 0 Å². The van der Waals surface area contributed by atoms with E-state index in [1.54, 1.807) is 5.38 Å². The minimum Gasteiger partial charge on any atom is -0.342 e. The van der Waals surface area contributed by atoms with Gasteiger partial charge in [-0.2, -0.15) is 0 Å². The molecule has 0 aliphatic heterocycles. The van der Waals surface area contributed by atoms with Crippen molar-refractivity contribution < 1.29 is 4.79 Å². The van der Waals surface area contributed by atoms with Crippen LogP contribution in [0.1, 0.15) is 40.5 Å². The van der Waals surface area contributed by atoms with Crippen LogP contribution in [0, 0.1) is 6.92 Å². The quantitative estimate of drug-likeness (QED) is 0.909. The van der Waals surface area contributed by atoms with Gasteiger partial charge in [0.25, 0.3) is 5.91 Å². The molecular weight excluding hydrogens is 270 g/mol. The van der Waals surface area contributed by atoms with E-state index in [0.29, 0.717) is 12.2 Å². The summed E-state index contributed by atoms with van der Waals surface area (Å²) in [5, 5.41) is 5.52. The molecule has 106 valence electrons. The average Bonchev–Trinajstić information content (AvgIpc) is 2.87. The molecule has 0 radical (unpaired) electrons. The third kappa shape index (κ3) is 3.23. The van der Waals surface area contributed by atoms with Crippen LogP contribution in [-0.2, 0) is 12.1 Å². The van der Waals surface area contributed by atoms with Crippen LogP contribution in [0.2, 0.25) is 0 Å². The first-order chi connectivity index (χ1) is 9.42. The topological polar surface area (TPSA) is 68.0 Å². The van der Waals surface area contributed by atoms with E-state index in [2.05, 4.69) is 16.4 Å². The molecule has 20 heavy (non-hydrogen) atoms. The summed E-state index contributed by atoms with van der Waals surface area (Å²) in [6, 6.07) is 8.12. The van der Waals surface area contributed by atoms with Gasteiger partial charge in [0.1, 0.15) is 10.7 Å². The number of rotatable bonds is 4. The number of hydrogen-bond donors (Lipinski definition) is 2. The highest BCUT2D eigenvalue weighted by atomic mass is 32.1. The van der Waals surface area contributed by atoms with Crippen LogP contribution in [0.5, 0.6) is 0 Å². The molecule has 2 rings (SSSR count). The molecule has 2 aromatic rings. The molecule has 0 aliphatic carbocycles. The van der Waals surface area contributed by atoms with E-state index in [4.69, 9.17) is 5.73 Å². The second-order valence-corrected chi connectivity index (χ2v) is 6.22. The van der Waals surface area contributed by atoms with Crippen LogP contribution in [0.15, 0.2) is 29.6 Å². The van der Waals surface area contributed by atoms with Crippen molar-refractivity contribution in [3.05, 3.63) is 51.5 Å². The van der Waals surface area contributed by atoms with Crippen molar-refractivity contribution in [1.82, 2.24) is 10.3 Å². The van der Waals surface area contributed by atoms with E-state index in [1.165, 1.54) is 16.9 Å². The van der Waals surface area contributed by atoms with Crippen molar-refractivity contribution in [3.63, 3.8) is 0 Å².